The van der Waals surface area contributed by atoms with E-state index in [4.69, 9.17) is 0 Å². The number of carbonyl (C=O) groups is 4. The van der Waals surface area contributed by atoms with Crippen LogP contribution in [0.1, 0.15) is 49.2 Å². The summed E-state index contributed by atoms with van der Waals surface area (Å²) < 4.78 is 0. The summed E-state index contributed by atoms with van der Waals surface area (Å²) in [6.07, 6.45) is -0.544. The van der Waals surface area contributed by atoms with Crippen LogP contribution in [0.3, 0.4) is 0 Å². The Morgan fingerprint density at radius 1 is 0.853 bits per heavy atom. The average Bonchev–Trinajstić information content (AvgIpc) is 3.16. The Labute approximate surface area is 196 Å². The van der Waals surface area contributed by atoms with Crippen molar-refractivity contribution in [2.45, 2.75) is 12.6 Å². The number of hydrogen-bond donors (Lipinski definition) is 2. The fraction of sp³-hybridized carbons (Fsp3) is 0.154. The molecule has 0 spiro atoms. The molecule has 0 saturated carbocycles. The number of nitrogens with one attached hydrogen (secondary N) is 2. The third-order valence-electron chi connectivity index (χ3n) is 6.12. The van der Waals surface area contributed by atoms with Crippen LogP contribution in [0.15, 0.2) is 72.8 Å². The van der Waals surface area contributed by atoms with Crippen LogP contribution in [-0.4, -0.2) is 42.1 Å². The molecular formula is C26H22N4O4. The molecule has 0 radical (unpaired) electrons. The average molecular weight is 454 g/mol. The number of nitrogens with zero attached hydrogens (tertiary/aromatic N) is 2. The van der Waals surface area contributed by atoms with Gasteiger partial charge in [-0.3, -0.25) is 24.1 Å². The summed E-state index contributed by atoms with van der Waals surface area (Å²) >= 11 is 0. The van der Waals surface area contributed by atoms with Gasteiger partial charge in [0.15, 0.2) is 0 Å². The van der Waals surface area contributed by atoms with E-state index in [2.05, 4.69) is 10.6 Å². The molecule has 5 rings (SSSR count). The summed E-state index contributed by atoms with van der Waals surface area (Å²) in [4.78, 5) is 54.2. The SMILES string of the molecule is CNC(=O)c1ccc(NC(=O)CCN2C(=O)c3ccccc3N3C(=O)c4ccccc4[C@@H]23)cc1. The normalized spacial score (nSPS) is 16.0. The molecule has 0 aromatic heterocycles. The van der Waals surface area contributed by atoms with E-state index in [9.17, 15) is 19.2 Å². The number of carbonyl (C=O) groups excluding carboxylic acids is 4. The lowest BCUT2D eigenvalue weighted by molar-refractivity contribution is -0.116. The summed E-state index contributed by atoms with van der Waals surface area (Å²) in [7, 11) is 1.55. The standard InChI is InChI=1S/C26H22N4O4/c1-27-23(32)16-10-12-17(13-11-16)28-22(31)14-15-29-24-18-6-2-3-7-19(18)26(34)30(24)21-9-5-4-8-20(21)25(29)33/h2-13,24H,14-15H2,1H3,(H,27,32)(H,28,31)/t24-/m0/s1. The maximum atomic E-state index is 13.4. The van der Waals surface area contributed by atoms with Crippen LogP contribution in [0.25, 0.3) is 0 Å². The van der Waals surface area contributed by atoms with Gasteiger partial charge in [-0.15, -0.1) is 0 Å². The molecular weight excluding hydrogens is 432 g/mol. The first-order valence-electron chi connectivity index (χ1n) is 10.9. The zero-order chi connectivity index (χ0) is 23.8. The summed E-state index contributed by atoms with van der Waals surface area (Å²) in [5, 5.41) is 5.34. The number of para-hydroxylation sites is 1. The van der Waals surface area contributed by atoms with Crippen LogP contribution in [0.2, 0.25) is 0 Å². The van der Waals surface area contributed by atoms with Gasteiger partial charge in [0.1, 0.15) is 6.17 Å². The molecule has 3 aromatic carbocycles. The number of anilines is 2. The number of hydrogen-bond acceptors (Lipinski definition) is 4. The fourth-order valence-corrected chi connectivity index (χ4v) is 4.49. The fourth-order valence-electron chi connectivity index (χ4n) is 4.49. The second-order valence-corrected chi connectivity index (χ2v) is 8.11. The Morgan fingerprint density at radius 2 is 1.53 bits per heavy atom. The number of fused-ring (bicyclic) bond motifs is 5. The van der Waals surface area contributed by atoms with Crippen molar-refractivity contribution < 1.29 is 19.2 Å². The highest BCUT2D eigenvalue weighted by Crippen LogP contribution is 2.45. The van der Waals surface area contributed by atoms with Gasteiger partial charge in [-0.25, -0.2) is 0 Å². The molecule has 8 nitrogen and oxygen atoms in total. The van der Waals surface area contributed by atoms with Crippen molar-refractivity contribution in [3.63, 3.8) is 0 Å². The van der Waals surface area contributed by atoms with Crippen molar-refractivity contribution in [2.24, 2.45) is 0 Å². The molecule has 0 bridgehead atoms. The molecule has 170 valence electrons. The van der Waals surface area contributed by atoms with Crippen molar-refractivity contribution >= 4 is 35.0 Å². The van der Waals surface area contributed by atoms with Crippen LogP contribution in [0.4, 0.5) is 11.4 Å². The number of amides is 4. The molecule has 1 atom stereocenters. The van der Waals surface area contributed by atoms with Crippen LogP contribution >= 0.6 is 0 Å². The van der Waals surface area contributed by atoms with Gasteiger partial charge in [0.25, 0.3) is 17.7 Å². The van der Waals surface area contributed by atoms with Gasteiger partial charge in [0.05, 0.1) is 11.3 Å². The van der Waals surface area contributed by atoms with E-state index in [1.165, 1.54) is 0 Å². The van der Waals surface area contributed by atoms with E-state index in [1.807, 2.05) is 12.1 Å². The van der Waals surface area contributed by atoms with E-state index in [1.54, 1.807) is 77.5 Å². The van der Waals surface area contributed by atoms with Gasteiger partial charge >= 0.3 is 0 Å². The van der Waals surface area contributed by atoms with E-state index in [0.29, 0.717) is 28.1 Å². The smallest absolute Gasteiger partial charge is 0.260 e. The summed E-state index contributed by atoms with van der Waals surface area (Å²) in [6, 6.07) is 20.8. The first-order chi connectivity index (χ1) is 16.5. The van der Waals surface area contributed by atoms with Crippen molar-refractivity contribution in [1.29, 1.82) is 0 Å². The summed E-state index contributed by atoms with van der Waals surface area (Å²) in [5.74, 6) is -0.864. The van der Waals surface area contributed by atoms with Crippen molar-refractivity contribution in [2.75, 3.05) is 23.8 Å². The minimum atomic E-state index is -0.592. The first kappa shape index (κ1) is 21.4. The number of rotatable bonds is 5. The molecule has 0 fully saturated rings. The van der Waals surface area contributed by atoms with Crippen molar-refractivity contribution in [3.05, 3.63) is 95.1 Å². The molecule has 0 saturated heterocycles. The molecule has 4 amide bonds. The Morgan fingerprint density at radius 3 is 2.26 bits per heavy atom. The zero-order valence-corrected chi connectivity index (χ0v) is 18.4. The van der Waals surface area contributed by atoms with Gasteiger partial charge in [0, 0.05) is 42.4 Å². The van der Waals surface area contributed by atoms with Crippen molar-refractivity contribution in [3.8, 4) is 0 Å². The van der Waals surface area contributed by atoms with E-state index < -0.39 is 6.17 Å². The van der Waals surface area contributed by atoms with Gasteiger partial charge in [-0.2, -0.15) is 0 Å². The lowest BCUT2D eigenvalue weighted by Crippen LogP contribution is -2.48. The third kappa shape index (κ3) is 3.49. The highest BCUT2D eigenvalue weighted by molar-refractivity contribution is 6.16. The Hall–Kier alpha value is -4.46. The largest absolute Gasteiger partial charge is 0.355 e. The zero-order valence-electron chi connectivity index (χ0n) is 18.4. The molecule has 8 heteroatoms. The van der Waals surface area contributed by atoms with Gasteiger partial charge in [-0.05, 0) is 42.5 Å². The highest BCUT2D eigenvalue weighted by Gasteiger charge is 2.47. The predicted octanol–water partition coefficient (Wildman–Crippen LogP) is 3.19. The van der Waals surface area contributed by atoms with Crippen LogP contribution in [0.5, 0.6) is 0 Å². The topological polar surface area (TPSA) is 98.8 Å². The van der Waals surface area contributed by atoms with Gasteiger partial charge < -0.3 is 15.5 Å². The van der Waals surface area contributed by atoms with Gasteiger partial charge in [0.2, 0.25) is 5.91 Å². The maximum Gasteiger partial charge on any atom is 0.260 e. The van der Waals surface area contributed by atoms with E-state index in [-0.39, 0.29) is 36.6 Å². The van der Waals surface area contributed by atoms with E-state index >= 15 is 0 Å². The quantitative estimate of drug-likeness (QED) is 0.619. The second-order valence-electron chi connectivity index (χ2n) is 8.11. The molecule has 2 N–H and O–H groups in total. The maximum absolute atomic E-state index is 13.4. The molecule has 2 aliphatic heterocycles. The first-order valence-corrected chi connectivity index (χ1v) is 10.9. The molecule has 0 aliphatic carbocycles. The van der Waals surface area contributed by atoms with Crippen LogP contribution in [0, 0.1) is 0 Å². The molecule has 3 aromatic rings. The highest BCUT2D eigenvalue weighted by atomic mass is 16.2. The van der Waals surface area contributed by atoms with Crippen LogP contribution < -0.4 is 15.5 Å². The lowest BCUT2D eigenvalue weighted by Gasteiger charge is -2.40. The van der Waals surface area contributed by atoms with Crippen molar-refractivity contribution in [1.82, 2.24) is 10.2 Å². The molecule has 34 heavy (non-hydrogen) atoms. The summed E-state index contributed by atoms with van der Waals surface area (Å²) in [6.45, 7) is 0.137. The third-order valence-corrected chi connectivity index (χ3v) is 6.12. The molecule has 2 heterocycles. The Balaban J connectivity index is 1.37. The number of benzene rings is 3. The van der Waals surface area contributed by atoms with E-state index in [0.717, 1.165) is 5.56 Å². The second kappa shape index (κ2) is 8.47. The molecule has 0 unspecified atom stereocenters. The Bertz CT molecular complexity index is 1320. The summed E-state index contributed by atoms with van der Waals surface area (Å²) in [5.41, 5.74) is 3.36. The Kier molecular flexibility index (Phi) is 5.33. The van der Waals surface area contributed by atoms with Crippen LogP contribution in [-0.2, 0) is 4.79 Å². The predicted molar refractivity (Wildman–Crippen MR) is 127 cm³/mol. The molecule has 2 aliphatic rings. The minimum absolute atomic E-state index is 0.0474. The lowest BCUT2D eigenvalue weighted by atomic mass is 10.0. The monoisotopic (exact) mass is 454 g/mol. The van der Waals surface area contributed by atoms with Gasteiger partial charge in [-0.1, -0.05) is 30.3 Å². The minimum Gasteiger partial charge on any atom is -0.355 e.